The average Bonchev–Trinajstić information content (AvgIpc) is 2.47. The van der Waals surface area contributed by atoms with Gasteiger partial charge in [-0.25, -0.2) is 0 Å². The summed E-state index contributed by atoms with van der Waals surface area (Å²) in [6.07, 6.45) is 2.39. The van der Waals surface area contributed by atoms with Crippen molar-refractivity contribution in [1.82, 2.24) is 0 Å². The number of nitrogens with one attached hydrogen (secondary N) is 1. The van der Waals surface area contributed by atoms with E-state index in [2.05, 4.69) is 12.2 Å². The minimum absolute atomic E-state index is 0.122. The summed E-state index contributed by atoms with van der Waals surface area (Å²) in [6, 6.07) is 12.9. The molecule has 0 radical (unpaired) electrons. The summed E-state index contributed by atoms with van der Waals surface area (Å²) in [5, 5.41) is 14.8. The third-order valence-electron chi connectivity index (χ3n) is 2.79. The fourth-order valence-electron chi connectivity index (χ4n) is 1.68. The number of hydrogen-bond donors (Lipinski definition) is 1. The van der Waals surface area contributed by atoms with Gasteiger partial charge in [0.2, 0.25) is 5.91 Å². The monoisotopic (exact) mass is 288 g/mol. The van der Waals surface area contributed by atoms with Gasteiger partial charge in [0.15, 0.2) is 6.20 Å². The molecule has 104 valence electrons. The molecule has 20 heavy (non-hydrogen) atoms. The lowest BCUT2D eigenvalue weighted by Crippen LogP contribution is -2.28. The van der Waals surface area contributed by atoms with Crippen molar-refractivity contribution >= 4 is 23.4 Å². The van der Waals surface area contributed by atoms with E-state index in [1.807, 2.05) is 24.3 Å². The number of amides is 1. The van der Waals surface area contributed by atoms with Gasteiger partial charge in [-0.1, -0.05) is 19.1 Å². The topological polar surface area (TPSA) is 56.0 Å². The normalized spacial score (nSPS) is 10.2. The summed E-state index contributed by atoms with van der Waals surface area (Å²) in [7, 11) is 0. The Morgan fingerprint density at radius 1 is 1.25 bits per heavy atom. The van der Waals surface area contributed by atoms with Gasteiger partial charge >= 0.3 is 0 Å². The Bertz CT molecular complexity index is 585. The van der Waals surface area contributed by atoms with Crippen molar-refractivity contribution in [3.05, 3.63) is 59.4 Å². The molecule has 1 aromatic carbocycles. The van der Waals surface area contributed by atoms with Gasteiger partial charge < -0.3 is 10.5 Å². The predicted octanol–water partition coefficient (Wildman–Crippen LogP) is 2.61. The zero-order valence-corrected chi connectivity index (χ0v) is 12.0. The SMILES string of the molecule is CCc1ccc(NC(=O)CSc2cccc[n+]2[O-])cc1. The van der Waals surface area contributed by atoms with E-state index in [9.17, 15) is 10.0 Å². The Balaban J connectivity index is 1.87. The molecule has 0 saturated carbocycles. The molecular formula is C15H16N2O2S. The Kier molecular flexibility index (Phi) is 5.01. The summed E-state index contributed by atoms with van der Waals surface area (Å²) in [4.78, 5) is 11.8. The first-order valence-corrected chi connectivity index (χ1v) is 7.37. The molecule has 2 rings (SSSR count). The maximum Gasteiger partial charge on any atom is 0.251 e. The van der Waals surface area contributed by atoms with Gasteiger partial charge in [0.1, 0.15) is 0 Å². The van der Waals surface area contributed by atoms with E-state index in [-0.39, 0.29) is 11.7 Å². The molecule has 5 heteroatoms. The number of aromatic nitrogens is 1. The third-order valence-corrected chi connectivity index (χ3v) is 3.80. The number of rotatable bonds is 5. The molecule has 0 fully saturated rings. The van der Waals surface area contributed by atoms with Gasteiger partial charge in [0.05, 0.1) is 5.75 Å². The number of hydrogen-bond acceptors (Lipinski definition) is 3. The number of thioether (sulfide) groups is 1. The van der Waals surface area contributed by atoms with Crippen LogP contribution in [0.5, 0.6) is 0 Å². The molecule has 1 aromatic heterocycles. The van der Waals surface area contributed by atoms with Crippen molar-refractivity contribution < 1.29 is 9.52 Å². The van der Waals surface area contributed by atoms with Crippen molar-refractivity contribution in [2.45, 2.75) is 18.4 Å². The van der Waals surface area contributed by atoms with Crippen molar-refractivity contribution in [2.75, 3.05) is 11.1 Å². The Hall–Kier alpha value is -2.01. The first-order chi connectivity index (χ1) is 9.69. The molecule has 0 unspecified atom stereocenters. The van der Waals surface area contributed by atoms with Crippen LogP contribution in [-0.4, -0.2) is 11.7 Å². The zero-order chi connectivity index (χ0) is 14.4. The molecule has 0 atom stereocenters. The van der Waals surface area contributed by atoms with Crippen LogP contribution in [0.25, 0.3) is 0 Å². The molecule has 1 heterocycles. The van der Waals surface area contributed by atoms with E-state index in [0.29, 0.717) is 5.03 Å². The standard InChI is InChI=1S/C15H16N2O2S/c1-2-12-6-8-13(9-7-12)16-14(18)11-20-15-5-3-4-10-17(15)19/h3-10H,2,11H2,1H3,(H,16,18). The maximum absolute atomic E-state index is 11.8. The lowest BCUT2D eigenvalue weighted by atomic mass is 10.1. The molecule has 2 aromatic rings. The molecule has 1 amide bonds. The van der Waals surface area contributed by atoms with Crippen molar-refractivity contribution in [2.24, 2.45) is 0 Å². The molecule has 0 saturated heterocycles. The van der Waals surface area contributed by atoms with E-state index < -0.39 is 0 Å². The van der Waals surface area contributed by atoms with E-state index in [1.165, 1.54) is 23.5 Å². The highest BCUT2D eigenvalue weighted by molar-refractivity contribution is 7.99. The fourth-order valence-corrected chi connectivity index (χ4v) is 2.40. The van der Waals surface area contributed by atoms with Gasteiger partial charge in [-0.15, -0.1) is 0 Å². The summed E-state index contributed by atoms with van der Waals surface area (Å²) in [6.45, 7) is 2.09. The summed E-state index contributed by atoms with van der Waals surface area (Å²) >= 11 is 1.22. The van der Waals surface area contributed by atoms with Crippen LogP contribution >= 0.6 is 11.8 Å². The Morgan fingerprint density at radius 3 is 2.65 bits per heavy atom. The number of pyridine rings is 1. The highest BCUT2D eigenvalue weighted by Crippen LogP contribution is 2.14. The minimum Gasteiger partial charge on any atom is -0.618 e. The van der Waals surface area contributed by atoms with E-state index in [1.54, 1.807) is 18.2 Å². The molecule has 1 N–H and O–H groups in total. The van der Waals surface area contributed by atoms with Crippen LogP contribution in [0.1, 0.15) is 12.5 Å². The average molecular weight is 288 g/mol. The fraction of sp³-hybridized carbons (Fsp3) is 0.200. The van der Waals surface area contributed by atoms with E-state index in [0.717, 1.165) is 16.8 Å². The quantitative estimate of drug-likeness (QED) is 0.523. The second kappa shape index (κ2) is 6.96. The highest BCUT2D eigenvalue weighted by Gasteiger charge is 2.09. The maximum atomic E-state index is 11.8. The van der Waals surface area contributed by atoms with Crippen LogP contribution in [0.4, 0.5) is 5.69 Å². The molecule has 0 aliphatic rings. The van der Waals surface area contributed by atoms with Gasteiger partial charge in [-0.3, -0.25) is 4.79 Å². The smallest absolute Gasteiger partial charge is 0.251 e. The van der Waals surface area contributed by atoms with Crippen LogP contribution in [0.2, 0.25) is 0 Å². The molecule has 0 spiro atoms. The van der Waals surface area contributed by atoms with Crippen molar-refractivity contribution in [1.29, 1.82) is 0 Å². The molecule has 4 nitrogen and oxygen atoms in total. The van der Waals surface area contributed by atoms with Crippen LogP contribution in [0.3, 0.4) is 0 Å². The zero-order valence-electron chi connectivity index (χ0n) is 11.2. The van der Waals surface area contributed by atoms with Gasteiger partial charge in [0, 0.05) is 17.8 Å². The Labute approximate surface area is 122 Å². The number of carbonyl (C=O) groups is 1. The van der Waals surface area contributed by atoms with Crippen LogP contribution in [0, 0.1) is 5.21 Å². The van der Waals surface area contributed by atoms with Gasteiger partial charge in [-0.2, -0.15) is 4.73 Å². The predicted molar refractivity (Wildman–Crippen MR) is 80.6 cm³/mol. The van der Waals surface area contributed by atoms with Crippen LogP contribution in [-0.2, 0) is 11.2 Å². The largest absolute Gasteiger partial charge is 0.618 e. The number of anilines is 1. The first kappa shape index (κ1) is 14.4. The van der Waals surface area contributed by atoms with Gasteiger partial charge in [-0.05, 0) is 41.9 Å². The lowest BCUT2D eigenvalue weighted by molar-refractivity contribution is -0.645. The van der Waals surface area contributed by atoms with Crippen LogP contribution < -0.4 is 10.0 Å². The molecule has 0 bridgehead atoms. The number of aryl methyl sites for hydroxylation is 1. The van der Waals surface area contributed by atoms with Crippen LogP contribution in [0.15, 0.2) is 53.7 Å². The summed E-state index contributed by atoms with van der Waals surface area (Å²) in [5.74, 6) is 0.0880. The molecule has 0 aliphatic carbocycles. The van der Waals surface area contributed by atoms with Crippen molar-refractivity contribution in [3.63, 3.8) is 0 Å². The van der Waals surface area contributed by atoms with Crippen molar-refractivity contribution in [3.8, 4) is 0 Å². The highest BCUT2D eigenvalue weighted by atomic mass is 32.2. The Morgan fingerprint density at radius 2 is 2.00 bits per heavy atom. The first-order valence-electron chi connectivity index (χ1n) is 6.39. The minimum atomic E-state index is -0.122. The number of benzene rings is 1. The van der Waals surface area contributed by atoms with Gasteiger partial charge in [0.25, 0.3) is 5.03 Å². The number of carbonyl (C=O) groups excluding carboxylic acids is 1. The van der Waals surface area contributed by atoms with E-state index >= 15 is 0 Å². The second-order valence-electron chi connectivity index (χ2n) is 4.25. The van der Waals surface area contributed by atoms with E-state index in [4.69, 9.17) is 0 Å². The lowest BCUT2D eigenvalue weighted by Gasteiger charge is -2.06. The second-order valence-corrected chi connectivity index (χ2v) is 5.25. The summed E-state index contributed by atoms with van der Waals surface area (Å²) in [5.41, 5.74) is 2.00. The third kappa shape index (κ3) is 3.99. The molecular weight excluding hydrogens is 272 g/mol. The summed E-state index contributed by atoms with van der Waals surface area (Å²) < 4.78 is 0.758. The number of nitrogens with zero attached hydrogens (tertiary/aromatic N) is 1. The molecule has 0 aliphatic heterocycles.